The lowest BCUT2D eigenvalue weighted by molar-refractivity contribution is -0.0947. The standard InChI is InChI=1S/C14H15ClFN3O3/c1-20-14-11(15)4-9(5-12(14)16)13-7-19(18-17-13)6-10-8-21-2-3-22-10/h4-5,7,10H,2-3,6,8H2,1H3. The second-order valence-corrected chi connectivity index (χ2v) is 5.27. The van der Waals surface area contributed by atoms with Gasteiger partial charge in [-0.05, 0) is 12.1 Å². The van der Waals surface area contributed by atoms with E-state index in [1.54, 1.807) is 16.9 Å². The Kier molecular flexibility index (Phi) is 4.56. The highest BCUT2D eigenvalue weighted by Crippen LogP contribution is 2.32. The maximum atomic E-state index is 13.9. The number of halogens is 2. The second kappa shape index (κ2) is 6.60. The Bertz CT molecular complexity index is 636. The zero-order valence-corrected chi connectivity index (χ0v) is 12.7. The molecule has 1 aromatic carbocycles. The average molecular weight is 328 g/mol. The quantitative estimate of drug-likeness (QED) is 0.861. The van der Waals surface area contributed by atoms with Crippen molar-refractivity contribution in [1.29, 1.82) is 0 Å². The summed E-state index contributed by atoms with van der Waals surface area (Å²) >= 11 is 5.99. The molecule has 0 bridgehead atoms. The van der Waals surface area contributed by atoms with Crippen LogP contribution in [0, 0.1) is 5.82 Å². The lowest BCUT2D eigenvalue weighted by Crippen LogP contribution is -2.32. The van der Waals surface area contributed by atoms with Crippen LogP contribution in [0.5, 0.6) is 5.75 Å². The Labute approximate surface area is 131 Å². The van der Waals surface area contributed by atoms with Gasteiger partial charge in [-0.1, -0.05) is 16.8 Å². The summed E-state index contributed by atoms with van der Waals surface area (Å²) in [6, 6.07) is 2.91. The molecule has 0 radical (unpaired) electrons. The maximum absolute atomic E-state index is 13.9. The van der Waals surface area contributed by atoms with Gasteiger partial charge in [0.1, 0.15) is 11.8 Å². The Hall–Kier alpha value is -1.70. The van der Waals surface area contributed by atoms with Crippen molar-refractivity contribution in [2.75, 3.05) is 26.9 Å². The molecule has 1 aliphatic heterocycles. The highest BCUT2D eigenvalue weighted by molar-refractivity contribution is 6.32. The van der Waals surface area contributed by atoms with Crippen LogP contribution in [-0.4, -0.2) is 48.0 Å². The molecule has 1 aliphatic rings. The Morgan fingerprint density at radius 3 is 3.00 bits per heavy atom. The van der Waals surface area contributed by atoms with Crippen molar-refractivity contribution >= 4 is 11.6 Å². The molecular formula is C14H15ClFN3O3. The highest BCUT2D eigenvalue weighted by Gasteiger charge is 2.17. The van der Waals surface area contributed by atoms with E-state index >= 15 is 0 Å². The Morgan fingerprint density at radius 1 is 1.45 bits per heavy atom. The molecule has 0 saturated carbocycles. The normalized spacial score (nSPS) is 18.4. The average Bonchev–Trinajstić information content (AvgIpc) is 2.96. The minimum atomic E-state index is -0.538. The summed E-state index contributed by atoms with van der Waals surface area (Å²) in [5.41, 5.74) is 1.07. The van der Waals surface area contributed by atoms with Gasteiger partial charge in [-0.25, -0.2) is 9.07 Å². The summed E-state index contributed by atoms with van der Waals surface area (Å²) in [5.74, 6) is -0.519. The van der Waals surface area contributed by atoms with Gasteiger partial charge < -0.3 is 14.2 Å². The number of benzene rings is 1. The molecule has 0 amide bonds. The van der Waals surface area contributed by atoms with Crippen molar-refractivity contribution in [3.05, 3.63) is 29.2 Å². The van der Waals surface area contributed by atoms with Gasteiger partial charge >= 0.3 is 0 Å². The molecule has 8 heteroatoms. The first-order valence-electron chi connectivity index (χ1n) is 6.80. The van der Waals surface area contributed by atoms with E-state index in [0.717, 1.165) is 0 Å². The van der Waals surface area contributed by atoms with Crippen LogP contribution in [0.2, 0.25) is 5.02 Å². The molecule has 3 rings (SSSR count). The zero-order valence-electron chi connectivity index (χ0n) is 12.0. The fourth-order valence-electron chi connectivity index (χ4n) is 2.27. The molecule has 22 heavy (non-hydrogen) atoms. The smallest absolute Gasteiger partial charge is 0.173 e. The second-order valence-electron chi connectivity index (χ2n) is 4.87. The number of hydrogen-bond donors (Lipinski definition) is 0. The molecule has 2 heterocycles. The molecule has 6 nitrogen and oxygen atoms in total. The predicted molar refractivity (Wildman–Crippen MR) is 77.5 cm³/mol. The molecule has 0 aliphatic carbocycles. The molecule has 0 N–H and O–H groups in total. The first-order valence-corrected chi connectivity index (χ1v) is 7.18. The van der Waals surface area contributed by atoms with E-state index in [-0.39, 0.29) is 16.9 Å². The first-order chi connectivity index (χ1) is 10.7. The molecular weight excluding hydrogens is 313 g/mol. The number of ether oxygens (including phenoxy) is 3. The van der Waals surface area contributed by atoms with Crippen LogP contribution in [0.15, 0.2) is 18.3 Å². The van der Waals surface area contributed by atoms with E-state index in [1.165, 1.54) is 13.2 Å². The number of rotatable bonds is 4. The van der Waals surface area contributed by atoms with Gasteiger partial charge in [0.25, 0.3) is 0 Å². The monoisotopic (exact) mass is 327 g/mol. The summed E-state index contributed by atoms with van der Waals surface area (Å²) in [6.45, 7) is 2.24. The van der Waals surface area contributed by atoms with E-state index in [4.69, 9.17) is 25.8 Å². The van der Waals surface area contributed by atoms with Gasteiger partial charge in [-0.3, -0.25) is 0 Å². The van der Waals surface area contributed by atoms with Crippen LogP contribution >= 0.6 is 11.6 Å². The minimum Gasteiger partial charge on any atom is -0.492 e. The third kappa shape index (κ3) is 3.21. The van der Waals surface area contributed by atoms with E-state index in [0.29, 0.717) is 37.6 Å². The van der Waals surface area contributed by atoms with Crippen LogP contribution in [0.25, 0.3) is 11.3 Å². The van der Waals surface area contributed by atoms with Crippen molar-refractivity contribution in [3.63, 3.8) is 0 Å². The summed E-state index contributed by atoms with van der Waals surface area (Å²) < 4.78 is 31.3. The topological polar surface area (TPSA) is 58.4 Å². The fourth-order valence-corrected chi connectivity index (χ4v) is 2.56. The van der Waals surface area contributed by atoms with Crippen LogP contribution < -0.4 is 4.74 Å². The third-order valence-corrected chi connectivity index (χ3v) is 3.59. The molecule has 2 aromatic rings. The van der Waals surface area contributed by atoms with E-state index < -0.39 is 5.82 Å². The third-order valence-electron chi connectivity index (χ3n) is 3.31. The number of hydrogen-bond acceptors (Lipinski definition) is 5. The zero-order chi connectivity index (χ0) is 15.5. The Morgan fingerprint density at radius 2 is 2.32 bits per heavy atom. The van der Waals surface area contributed by atoms with Crippen LogP contribution in [0.1, 0.15) is 0 Å². The number of aromatic nitrogens is 3. The maximum Gasteiger partial charge on any atom is 0.173 e. The van der Waals surface area contributed by atoms with E-state index in [9.17, 15) is 4.39 Å². The largest absolute Gasteiger partial charge is 0.492 e. The van der Waals surface area contributed by atoms with Gasteiger partial charge in [-0.15, -0.1) is 5.10 Å². The lowest BCUT2D eigenvalue weighted by atomic mass is 10.1. The number of methoxy groups -OCH3 is 1. The molecule has 1 fully saturated rings. The molecule has 0 spiro atoms. The van der Waals surface area contributed by atoms with Gasteiger partial charge in [0, 0.05) is 5.56 Å². The highest BCUT2D eigenvalue weighted by atomic mass is 35.5. The van der Waals surface area contributed by atoms with Gasteiger partial charge in [0.2, 0.25) is 0 Å². The van der Waals surface area contributed by atoms with Crippen LogP contribution in [-0.2, 0) is 16.0 Å². The van der Waals surface area contributed by atoms with Gasteiger partial charge in [0.05, 0.1) is 44.7 Å². The predicted octanol–water partition coefficient (Wildman–Crippen LogP) is 2.16. The molecule has 1 saturated heterocycles. The molecule has 1 atom stereocenters. The first kappa shape index (κ1) is 15.2. The fraction of sp³-hybridized carbons (Fsp3) is 0.429. The van der Waals surface area contributed by atoms with E-state index in [2.05, 4.69) is 10.3 Å². The van der Waals surface area contributed by atoms with Crippen molar-refractivity contribution in [2.45, 2.75) is 12.6 Å². The van der Waals surface area contributed by atoms with Crippen molar-refractivity contribution < 1.29 is 18.6 Å². The van der Waals surface area contributed by atoms with Crippen LogP contribution in [0.3, 0.4) is 0 Å². The Balaban J connectivity index is 1.78. The van der Waals surface area contributed by atoms with Crippen LogP contribution in [0.4, 0.5) is 4.39 Å². The van der Waals surface area contributed by atoms with Crippen molar-refractivity contribution in [3.8, 4) is 17.0 Å². The summed E-state index contributed by atoms with van der Waals surface area (Å²) in [6.07, 6.45) is 1.66. The SMILES string of the molecule is COc1c(F)cc(-c2cn(CC3COCCO3)nn2)cc1Cl. The number of nitrogens with zero attached hydrogens (tertiary/aromatic N) is 3. The summed E-state index contributed by atoms with van der Waals surface area (Å²) in [4.78, 5) is 0. The minimum absolute atomic E-state index is 0.0190. The van der Waals surface area contributed by atoms with Crippen molar-refractivity contribution in [2.24, 2.45) is 0 Å². The van der Waals surface area contributed by atoms with Gasteiger partial charge in [0.15, 0.2) is 11.6 Å². The van der Waals surface area contributed by atoms with E-state index in [1.807, 2.05) is 0 Å². The van der Waals surface area contributed by atoms with Crippen molar-refractivity contribution in [1.82, 2.24) is 15.0 Å². The molecule has 1 aromatic heterocycles. The summed E-state index contributed by atoms with van der Waals surface area (Å²) in [7, 11) is 1.37. The lowest BCUT2D eigenvalue weighted by Gasteiger charge is -2.22. The van der Waals surface area contributed by atoms with Gasteiger partial charge in [-0.2, -0.15) is 0 Å². The molecule has 118 valence electrons. The molecule has 1 unspecified atom stereocenters. The summed E-state index contributed by atoms with van der Waals surface area (Å²) in [5, 5.41) is 8.25.